The minimum atomic E-state index is -0.332. The van der Waals surface area contributed by atoms with E-state index in [-0.39, 0.29) is 5.91 Å². The van der Waals surface area contributed by atoms with E-state index in [0.29, 0.717) is 52.5 Å². The molecule has 0 saturated heterocycles. The maximum Gasteiger partial charge on any atom is 0.255 e. The van der Waals surface area contributed by atoms with Crippen molar-refractivity contribution in [1.82, 2.24) is 0 Å². The average Bonchev–Trinajstić information content (AvgIpc) is 2.87. The van der Waals surface area contributed by atoms with Gasteiger partial charge in [-0.05, 0) is 24.3 Å². The van der Waals surface area contributed by atoms with Crippen LogP contribution in [0.15, 0.2) is 30.3 Å². The van der Waals surface area contributed by atoms with Gasteiger partial charge in [0.1, 0.15) is 11.5 Å². The van der Waals surface area contributed by atoms with Crippen molar-refractivity contribution in [3.63, 3.8) is 0 Å². The van der Waals surface area contributed by atoms with E-state index >= 15 is 0 Å². The van der Waals surface area contributed by atoms with E-state index < -0.39 is 0 Å². The molecule has 1 heterocycles. The van der Waals surface area contributed by atoms with E-state index in [1.165, 1.54) is 7.11 Å². The van der Waals surface area contributed by atoms with Gasteiger partial charge < -0.3 is 24.3 Å². The normalized spacial score (nSPS) is 12.9. The summed E-state index contributed by atoms with van der Waals surface area (Å²) in [6.45, 7) is 1.04. The largest absolute Gasteiger partial charge is 0.497 e. The number of hydrogen-bond acceptors (Lipinski definition) is 5. The summed E-state index contributed by atoms with van der Waals surface area (Å²) in [5.41, 5.74) is 0.892. The van der Waals surface area contributed by atoms with Crippen molar-refractivity contribution in [3.05, 3.63) is 40.9 Å². The summed E-state index contributed by atoms with van der Waals surface area (Å²) in [5, 5.41) is 3.14. The molecule has 1 aliphatic heterocycles. The molecule has 1 N–H and O–H groups in total. The Labute approximate surface area is 150 Å². The number of carbonyl (C=O) groups is 1. The number of methoxy groups -OCH3 is 2. The molecule has 0 saturated carbocycles. The van der Waals surface area contributed by atoms with Crippen molar-refractivity contribution in [2.24, 2.45) is 0 Å². The highest BCUT2D eigenvalue weighted by atomic mass is 35.5. The third-order valence-electron chi connectivity index (χ3n) is 3.72. The quantitative estimate of drug-likeness (QED) is 0.895. The monoisotopic (exact) mass is 363 g/mol. The number of amides is 1. The van der Waals surface area contributed by atoms with E-state index in [1.807, 2.05) is 0 Å². The summed E-state index contributed by atoms with van der Waals surface area (Å²) < 4.78 is 21.6. The van der Waals surface area contributed by atoms with E-state index in [9.17, 15) is 4.79 Å². The van der Waals surface area contributed by atoms with Gasteiger partial charge in [-0.2, -0.15) is 0 Å². The second-order valence-corrected chi connectivity index (χ2v) is 5.76. The molecular formula is C18H18ClNO5. The minimum Gasteiger partial charge on any atom is -0.497 e. The van der Waals surface area contributed by atoms with Gasteiger partial charge in [0.2, 0.25) is 0 Å². The fourth-order valence-corrected chi connectivity index (χ4v) is 2.72. The fraction of sp³-hybridized carbons (Fsp3) is 0.278. The first kappa shape index (κ1) is 17.2. The van der Waals surface area contributed by atoms with Crippen LogP contribution in [0, 0.1) is 0 Å². The number of hydrogen-bond donors (Lipinski definition) is 1. The van der Waals surface area contributed by atoms with E-state index in [2.05, 4.69) is 5.32 Å². The van der Waals surface area contributed by atoms with Crippen LogP contribution in [-0.4, -0.2) is 33.3 Å². The second-order valence-electron chi connectivity index (χ2n) is 5.36. The molecule has 1 aliphatic rings. The highest BCUT2D eigenvalue weighted by molar-refractivity contribution is 6.32. The highest BCUT2D eigenvalue weighted by Crippen LogP contribution is 2.38. The number of benzene rings is 2. The summed E-state index contributed by atoms with van der Waals surface area (Å²) in [4.78, 5) is 12.6. The molecular weight excluding hydrogens is 346 g/mol. The molecule has 0 fully saturated rings. The van der Waals surface area contributed by atoms with Crippen molar-refractivity contribution in [1.29, 1.82) is 0 Å². The van der Waals surface area contributed by atoms with Crippen LogP contribution in [0.5, 0.6) is 23.0 Å². The maximum absolute atomic E-state index is 12.6. The lowest BCUT2D eigenvalue weighted by molar-refractivity contribution is 0.102. The zero-order valence-electron chi connectivity index (χ0n) is 13.9. The Morgan fingerprint density at radius 1 is 1.12 bits per heavy atom. The van der Waals surface area contributed by atoms with E-state index in [4.69, 9.17) is 30.5 Å². The van der Waals surface area contributed by atoms with Gasteiger partial charge in [-0.1, -0.05) is 11.6 Å². The highest BCUT2D eigenvalue weighted by Gasteiger charge is 2.19. The molecule has 0 aromatic heterocycles. The Hall–Kier alpha value is -2.60. The van der Waals surface area contributed by atoms with Gasteiger partial charge in [-0.15, -0.1) is 0 Å². The topological polar surface area (TPSA) is 66.0 Å². The number of rotatable bonds is 4. The number of nitrogens with one attached hydrogen (secondary N) is 1. The minimum absolute atomic E-state index is 0.332. The van der Waals surface area contributed by atoms with Gasteiger partial charge in [-0.3, -0.25) is 4.79 Å². The molecule has 3 rings (SSSR count). The lowest BCUT2D eigenvalue weighted by Crippen LogP contribution is -2.13. The SMILES string of the molecule is COc1ccc(NC(=O)c2cc(Cl)c3c(c2)OCCCO3)c(OC)c1. The lowest BCUT2D eigenvalue weighted by Gasteiger charge is -2.14. The Balaban J connectivity index is 1.87. The van der Waals surface area contributed by atoms with Crippen molar-refractivity contribution < 1.29 is 23.7 Å². The first-order chi connectivity index (χ1) is 12.1. The molecule has 25 heavy (non-hydrogen) atoms. The predicted molar refractivity (Wildman–Crippen MR) is 94.6 cm³/mol. The molecule has 7 heteroatoms. The molecule has 6 nitrogen and oxygen atoms in total. The molecule has 0 atom stereocenters. The Morgan fingerprint density at radius 3 is 2.68 bits per heavy atom. The van der Waals surface area contributed by atoms with Crippen LogP contribution in [0.1, 0.15) is 16.8 Å². The number of fused-ring (bicyclic) bond motifs is 1. The molecule has 0 unspecified atom stereocenters. The number of halogens is 1. The third kappa shape index (κ3) is 3.74. The van der Waals surface area contributed by atoms with Crippen LogP contribution in [0.3, 0.4) is 0 Å². The molecule has 0 spiro atoms. The Bertz CT molecular complexity index is 793. The van der Waals surface area contributed by atoms with Gasteiger partial charge >= 0.3 is 0 Å². The van der Waals surface area contributed by atoms with Crippen LogP contribution < -0.4 is 24.3 Å². The van der Waals surface area contributed by atoms with Gasteiger partial charge in [0.05, 0.1) is 38.1 Å². The smallest absolute Gasteiger partial charge is 0.255 e. The first-order valence-corrected chi connectivity index (χ1v) is 8.12. The fourth-order valence-electron chi connectivity index (χ4n) is 2.46. The summed E-state index contributed by atoms with van der Waals surface area (Å²) in [6.07, 6.45) is 0.760. The third-order valence-corrected chi connectivity index (χ3v) is 4.00. The Kier molecular flexibility index (Phi) is 5.19. The molecule has 0 aliphatic carbocycles. The number of carbonyl (C=O) groups excluding carboxylic acids is 1. The van der Waals surface area contributed by atoms with Gasteiger partial charge in [0, 0.05) is 18.1 Å². The molecule has 0 bridgehead atoms. The van der Waals surface area contributed by atoms with Gasteiger partial charge in [0.25, 0.3) is 5.91 Å². The van der Waals surface area contributed by atoms with Crippen LogP contribution >= 0.6 is 11.6 Å². The number of ether oxygens (including phenoxy) is 4. The van der Waals surface area contributed by atoms with Gasteiger partial charge in [0.15, 0.2) is 11.5 Å². The van der Waals surface area contributed by atoms with Crippen molar-refractivity contribution in [2.75, 3.05) is 32.8 Å². The van der Waals surface area contributed by atoms with E-state index in [0.717, 1.165) is 6.42 Å². The zero-order chi connectivity index (χ0) is 17.8. The molecule has 132 valence electrons. The molecule has 0 radical (unpaired) electrons. The van der Waals surface area contributed by atoms with Crippen LogP contribution in [0.25, 0.3) is 0 Å². The summed E-state index contributed by atoms with van der Waals surface area (Å²) in [6, 6.07) is 8.31. The summed E-state index contributed by atoms with van der Waals surface area (Å²) in [5.74, 6) is 1.73. The maximum atomic E-state index is 12.6. The standard InChI is InChI=1S/C18H18ClNO5/c1-22-12-4-5-14(15(10-12)23-2)20-18(21)11-8-13(19)17-16(9-11)24-6-3-7-25-17/h4-5,8-10H,3,6-7H2,1-2H3,(H,20,21). The Morgan fingerprint density at radius 2 is 1.92 bits per heavy atom. The van der Waals surface area contributed by atoms with Gasteiger partial charge in [-0.25, -0.2) is 0 Å². The summed E-state index contributed by atoms with van der Waals surface area (Å²) >= 11 is 6.24. The van der Waals surface area contributed by atoms with Crippen molar-refractivity contribution in [2.45, 2.75) is 6.42 Å². The molecule has 2 aromatic rings. The zero-order valence-corrected chi connectivity index (χ0v) is 14.7. The second kappa shape index (κ2) is 7.53. The molecule has 1 amide bonds. The lowest BCUT2D eigenvalue weighted by atomic mass is 10.1. The van der Waals surface area contributed by atoms with Crippen LogP contribution in [0.4, 0.5) is 5.69 Å². The number of anilines is 1. The first-order valence-electron chi connectivity index (χ1n) is 7.75. The van der Waals surface area contributed by atoms with Crippen LogP contribution in [0.2, 0.25) is 5.02 Å². The van der Waals surface area contributed by atoms with Crippen molar-refractivity contribution >= 4 is 23.2 Å². The molecule has 2 aromatic carbocycles. The predicted octanol–water partition coefficient (Wildman–Crippen LogP) is 3.77. The van der Waals surface area contributed by atoms with Crippen molar-refractivity contribution in [3.8, 4) is 23.0 Å². The van der Waals surface area contributed by atoms with Crippen LogP contribution in [-0.2, 0) is 0 Å². The summed E-state index contributed by atoms with van der Waals surface area (Å²) in [7, 11) is 3.08. The van der Waals surface area contributed by atoms with E-state index in [1.54, 1.807) is 37.4 Å². The average molecular weight is 364 g/mol.